The van der Waals surface area contributed by atoms with E-state index in [0.717, 1.165) is 23.1 Å². The van der Waals surface area contributed by atoms with Crippen LogP contribution >= 0.6 is 15.9 Å². The first-order valence-corrected chi connectivity index (χ1v) is 5.47. The highest BCUT2D eigenvalue weighted by Crippen LogP contribution is 2.24. The Morgan fingerprint density at radius 2 is 2.29 bits per heavy atom. The van der Waals surface area contributed by atoms with Crippen molar-refractivity contribution in [2.45, 2.75) is 32.7 Å². The second-order valence-electron chi connectivity index (χ2n) is 3.26. The Morgan fingerprint density at radius 3 is 2.93 bits per heavy atom. The van der Waals surface area contributed by atoms with Gasteiger partial charge in [-0.05, 0) is 29.3 Å². The number of nitrogens with one attached hydrogen (secondary N) is 1. The molecule has 1 aromatic heterocycles. The first kappa shape index (κ1) is 11.2. The van der Waals surface area contributed by atoms with Crippen molar-refractivity contribution in [2.75, 3.05) is 11.1 Å². The average molecular weight is 259 g/mol. The van der Waals surface area contributed by atoms with Gasteiger partial charge >= 0.3 is 0 Å². The van der Waals surface area contributed by atoms with Crippen LogP contribution in [-0.4, -0.2) is 16.0 Å². The van der Waals surface area contributed by atoms with Gasteiger partial charge < -0.3 is 11.1 Å². The number of hydrogen-bond acceptors (Lipinski definition) is 4. The van der Waals surface area contributed by atoms with E-state index in [9.17, 15) is 0 Å². The molecule has 1 aromatic rings. The van der Waals surface area contributed by atoms with E-state index in [1.54, 1.807) is 0 Å². The third kappa shape index (κ3) is 2.83. The Labute approximate surface area is 92.5 Å². The molecule has 1 rings (SSSR count). The zero-order chi connectivity index (χ0) is 10.6. The van der Waals surface area contributed by atoms with Gasteiger partial charge in [-0.2, -0.15) is 0 Å². The summed E-state index contributed by atoms with van der Waals surface area (Å²) in [4.78, 5) is 7.98. The molecule has 14 heavy (non-hydrogen) atoms. The number of aromatic nitrogens is 2. The lowest BCUT2D eigenvalue weighted by molar-refractivity contribution is 0.687. The highest BCUT2D eigenvalue weighted by molar-refractivity contribution is 9.10. The molecule has 0 aliphatic carbocycles. The normalized spacial score (nSPS) is 12.5. The maximum Gasteiger partial charge on any atom is 0.146 e. The molecule has 0 aliphatic heterocycles. The molecule has 0 amide bonds. The van der Waals surface area contributed by atoms with Crippen LogP contribution in [0.25, 0.3) is 0 Å². The minimum atomic E-state index is 0.394. The van der Waals surface area contributed by atoms with Crippen molar-refractivity contribution in [1.29, 1.82) is 0 Å². The molecule has 3 N–H and O–H groups in total. The van der Waals surface area contributed by atoms with Crippen LogP contribution in [0.3, 0.4) is 0 Å². The standard InChI is InChI=1S/C9H15BrN4/c1-3-4-6(2)14-9-7(10)8(11)12-5-13-9/h5-6H,3-4H2,1-2H3,(H3,11,12,13,14). The topological polar surface area (TPSA) is 63.8 Å². The minimum Gasteiger partial charge on any atom is -0.383 e. The first-order chi connectivity index (χ1) is 6.65. The third-order valence-electron chi connectivity index (χ3n) is 1.92. The number of anilines is 2. The monoisotopic (exact) mass is 258 g/mol. The minimum absolute atomic E-state index is 0.394. The summed E-state index contributed by atoms with van der Waals surface area (Å²) >= 11 is 3.35. The number of halogens is 1. The van der Waals surface area contributed by atoms with E-state index in [-0.39, 0.29) is 0 Å². The molecule has 4 nitrogen and oxygen atoms in total. The van der Waals surface area contributed by atoms with Crippen LogP contribution in [0, 0.1) is 0 Å². The first-order valence-electron chi connectivity index (χ1n) is 4.67. The summed E-state index contributed by atoms with van der Waals surface area (Å²) < 4.78 is 0.739. The van der Waals surface area contributed by atoms with Gasteiger partial charge in [-0.3, -0.25) is 0 Å². The number of nitrogens with zero attached hydrogens (tertiary/aromatic N) is 2. The van der Waals surface area contributed by atoms with Gasteiger partial charge in [-0.25, -0.2) is 9.97 Å². The maximum atomic E-state index is 5.63. The van der Waals surface area contributed by atoms with E-state index in [1.807, 2.05) is 0 Å². The number of hydrogen-bond donors (Lipinski definition) is 2. The van der Waals surface area contributed by atoms with E-state index in [4.69, 9.17) is 5.73 Å². The Morgan fingerprint density at radius 1 is 1.57 bits per heavy atom. The maximum absolute atomic E-state index is 5.63. The Kier molecular flexibility index (Phi) is 4.13. The van der Waals surface area contributed by atoms with Crippen LogP contribution in [0.2, 0.25) is 0 Å². The highest BCUT2D eigenvalue weighted by Gasteiger charge is 2.08. The van der Waals surface area contributed by atoms with Gasteiger partial charge in [0.05, 0.1) is 0 Å². The van der Waals surface area contributed by atoms with Gasteiger partial charge in [0, 0.05) is 6.04 Å². The predicted octanol–water partition coefficient (Wildman–Crippen LogP) is 2.42. The van der Waals surface area contributed by atoms with E-state index < -0.39 is 0 Å². The zero-order valence-corrected chi connectivity index (χ0v) is 10.0. The molecule has 0 saturated carbocycles. The third-order valence-corrected chi connectivity index (χ3v) is 2.70. The molecule has 1 atom stereocenters. The summed E-state index contributed by atoms with van der Waals surface area (Å²) in [5, 5.41) is 3.27. The molecular weight excluding hydrogens is 244 g/mol. The van der Waals surface area contributed by atoms with E-state index >= 15 is 0 Å². The summed E-state index contributed by atoms with van der Waals surface area (Å²) in [6, 6.07) is 0.394. The summed E-state index contributed by atoms with van der Waals surface area (Å²) in [5.41, 5.74) is 5.63. The lowest BCUT2D eigenvalue weighted by Gasteiger charge is -2.14. The van der Waals surface area contributed by atoms with Gasteiger partial charge in [-0.15, -0.1) is 0 Å². The van der Waals surface area contributed by atoms with E-state index in [0.29, 0.717) is 11.9 Å². The lowest BCUT2D eigenvalue weighted by atomic mass is 10.2. The van der Waals surface area contributed by atoms with Crippen molar-refractivity contribution < 1.29 is 0 Å². The Hall–Kier alpha value is -0.840. The molecule has 0 aliphatic rings. The molecule has 78 valence electrons. The fraction of sp³-hybridized carbons (Fsp3) is 0.556. The summed E-state index contributed by atoms with van der Waals surface area (Å²) in [6.45, 7) is 4.27. The van der Waals surface area contributed by atoms with Gasteiger partial charge in [0.25, 0.3) is 0 Å². The molecule has 1 unspecified atom stereocenters. The van der Waals surface area contributed by atoms with Crippen LogP contribution < -0.4 is 11.1 Å². The van der Waals surface area contributed by atoms with Crippen LogP contribution in [0.15, 0.2) is 10.8 Å². The molecule has 0 saturated heterocycles. The molecule has 0 bridgehead atoms. The average Bonchev–Trinajstić information content (AvgIpc) is 2.13. The van der Waals surface area contributed by atoms with Crippen molar-refractivity contribution in [3.8, 4) is 0 Å². The van der Waals surface area contributed by atoms with Crippen LogP contribution in [0.5, 0.6) is 0 Å². The summed E-state index contributed by atoms with van der Waals surface area (Å²) in [6.07, 6.45) is 3.71. The molecule has 1 heterocycles. The quantitative estimate of drug-likeness (QED) is 0.871. The molecule has 0 radical (unpaired) electrons. The van der Waals surface area contributed by atoms with Gasteiger partial charge in [0.2, 0.25) is 0 Å². The second kappa shape index (κ2) is 5.14. The van der Waals surface area contributed by atoms with Crippen molar-refractivity contribution in [3.63, 3.8) is 0 Å². The van der Waals surface area contributed by atoms with E-state index in [2.05, 4.69) is 45.1 Å². The molecule has 0 aromatic carbocycles. The molecule has 0 fully saturated rings. The van der Waals surface area contributed by atoms with Gasteiger partial charge in [0.15, 0.2) is 0 Å². The van der Waals surface area contributed by atoms with Gasteiger partial charge in [0.1, 0.15) is 22.4 Å². The Bertz CT molecular complexity index is 303. The Balaban J connectivity index is 2.71. The highest BCUT2D eigenvalue weighted by atomic mass is 79.9. The smallest absolute Gasteiger partial charge is 0.146 e. The van der Waals surface area contributed by atoms with E-state index in [1.165, 1.54) is 6.33 Å². The predicted molar refractivity (Wildman–Crippen MR) is 62.1 cm³/mol. The van der Waals surface area contributed by atoms with Crippen LogP contribution in [-0.2, 0) is 0 Å². The lowest BCUT2D eigenvalue weighted by Crippen LogP contribution is -2.16. The summed E-state index contributed by atoms with van der Waals surface area (Å²) in [5.74, 6) is 1.23. The van der Waals surface area contributed by atoms with Crippen molar-refractivity contribution in [3.05, 3.63) is 10.8 Å². The fourth-order valence-electron chi connectivity index (χ4n) is 1.22. The fourth-order valence-corrected chi connectivity index (χ4v) is 1.54. The molecule has 0 spiro atoms. The second-order valence-corrected chi connectivity index (χ2v) is 4.05. The SMILES string of the molecule is CCCC(C)Nc1ncnc(N)c1Br. The zero-order valence-electron chi connectivity index (χ0n) is 8.42. The van der Waals surface area contributed by atoms with Crippen LogP contribution in [0.1, 0.15) is 26.7 Å². The molecule has 5 heteroatoms. The number of nitrogen functional groups attached to an aromatic ring is 1. The largest absolute Gasteiger partial charge is 0.383 e. The van der Waals surface area contributed by atoms with Crippen LogP contribution in [0.4, 0.5) is 11.6 Å². The number of nitrogens with two attached hydrogens (primary N) is 1. The van der Waals surface area contributed by atoms with Crippen molar-refractivity contribution in [1.82, 2.24) is 9.97 Å². The van der Waals surface area contributed by atoms with Gasteiger partial charge in [-0.1, -0.05) is 13.3 Å². The number of rotatable bonds is 4. The van der Waals surface area contributed by atoms with Crippen molar-refractivity contribution in [2.24, 2.45) is 0 Å². The van der Waals surface area contributed by atoms with Crippen molar-refractivity contribution >= 4 is 27.6 Å². The molecular formula is C9H15BrN4. The summed E-state index contributed by atoms with van der Waals surface area (Å²) in [7, 11) is 0.